The number of sulfonamides is 1. The topological polar surface area (TPSA) is 101 Å². The zero-order valence-electron chi connectivity index (χ0n) is 14.0. The summed E-state index contributed by atoms with van der Waals surface area (Å²) in [6, 6.07) is 5.92. The molecule has 6 nitrogen and oxygen atoms in total. The van der Waals surface area contributed by atoms with E-state index in [1.807, 2.05) is 13.8 Å². The van der Waals surface area contributed by atoms with E-state index in [0.29, 0.717) is 19.4 Å². The third kappa shape index (κ3) is 5.59. The summed E-state index contributed by atoms with van der Waals surface area (Å²) in [7, 11) is -3.66. The van der Waals surface area contributed by atoms with Crippen LogP contribution in [0.1, 0.15) is 37.0 Å². The number of carbonyl (C=O) groups is 1. The predicted octanol–water partition coefficient (Wildman–Crippen LogP) is 1.82. The van der Waals surface area contributed by atoms with E-state index >= 15 is 0 Å². The lowest BCUT2D eigenvalue weighted by Gasteiger charge is -2.31. The Morgan fingerprint density at radius 1 is 1.33 bits per heavy atom. The predicted molar refractivity (Wildman–Crippen MR) is 98.9 cm³/mol. The van der Waals surface area contributed by atoms with Gasteiger partial charge >= 0.3 is 0 Å². The Bertz CT molecular complexity index is 650. The Labute approximate surface area is 150 Å². The van der Waals surface area contributed by atoms with Gasteiger partial charge in [0.05, 0.1) is 10.4 Å². The van der Waals surface area contributed by atoms with Crippen molar-refractivity contribution >= 4 is 28.3 Å². The van der Waals surface area contributed by atoms with Gasteiger partial charge in [-0.3, -0.25) is 4.79 Å². The van der Waals surface area contributed by atoms with Gasteiger partial charge in [0, 0.05) is 18.7 Å². The van der Waals surface area contributed by atoms with Crippen molar-refractivity contribution in [2.45, 2.75) is 37.1 Å². The molecule has 1 amide bonds. The average Bonchev–Trinajstić information content (AvgIpc) is 2.58. The highest BCUT2D eigenvalue weighted by Crippen LogP contribution is 2.16. The van der Waals surface area contributed by atoms with Crippen molar-refractivity contribution in [2.75, 3.05) is 13.1 Å². The third-order valence-electron chi connectivity index (χ3n) is 3.95. The van der Waals surface area contributed by atoms with Crippen molar-refractivity contribution in [3.8, 4) is 0 Å². The first-order valence-electron chi connectivity index (χ1n) is 7.57. The summed E-state index contributed by atoms with van der Waals surface area (Å²) in [5, 5.41) is 2.92. The van der Waals surface area contributed by atoms with Crippen LogP contribution in [-0.4, -0.2) is 33.0 Å². The maximum absolute atomic E-state index is 12.4. The van der Waals surface area contributed by atoms with Gasteiger partial charge in [0.15, 0.2) is 0 Å². The largest absolute Gasteiger partial charge is 0.345 e. The fourth-order valence-electron chi connectivity index (χ4n) is 2.14. The highest BCUT2D eigenvalue weighted by atomic mass is 35.5. The Hall–Kier alpha value is -1.41. The Balaban J connectivity index is 0.00000529. The number of hydrogen-bond acceptors (Lipinski definition) is 4. The second-order valence-corrected chi connectivity index (χ2v) is 7.08. The number of rotatable bonds is 9. The van der Waals surface area contributed by atoms with E-state index in [1.54, 1.807) is 12.1 Å². The highest BCUT2D eigenvalue weighted by molar-refractivity contribution is 7.89. The maximum Gasteiger partial charge on any atom is 0.251 e. The summed E-state index contributed by atoms with van der Waals surface area (Å²) in [5.74, 6) is -0.333. The molecular formula is C16H26ClN3O3S. The molecule has 0 spiro atoms. The van der Waals surface area contributed by atoms with Crippen LogP contribution in [0.15, 0.2) is 41.8 Å². The minimum atomic E-state index is -3.66. The molecule has 0 saturated heterocycles. The summed E-state index contributed by atoms with van der Waals surface area (Å²) in [6.07, 6.45) is 2.85. The van der Waals surface area contributed by atoms with Gasteiger partial charge in [0.1, 0.15) is 0 Å². The smallest absolute Gasteiger partial charge is 0.251 e. The molecule has 24 heavy (non-hydrogen) atoms. The van der Waals surface area contributed by atoms with Crippen molar-refractivity contribution in [3.05, 3.63) is 42.5 Å². The quantitative estimate of drug-likeness (QED) is 0.573. The molecule has 136 valence electrons. The summed E-state index contributed by atoms with van der Waals surface area (Å²) >= 11 is 0. The Morgan fingerprint density at radius 2 is 1.96 bits per heavy atom. The molecule has 1 aromatic carbocycles. The molecule has 0 aliphatic heterocycles. The van der Waals surface area contributed by atoms with Gasteiger partial charge in [0.2, 0.25) is 10.0 Å². The van der Waals surface area contributed by atoms with E-state index in [-0.39, 0.29) is 35.3 Å². The van der Waals surface area contributed by atoms with Crippen LogP contribution in [0.25, 0.3) is 0 Å². The monoisotopic (exact) mass is 375 g/mol. The normalized spacial score (nSPS) is 11.5. The second kappa shape index (κ2) is 9.78. The number of carbonyl (C=O) groups excluding carboxylic acids is 1. The van der Waals surface area contributed by atoms with Crippen LogP contribution in [0.2, 0.25) is 0 Å². The molecule has 0 radical (unpaired) electrons. The van der Waals surface area contributed by atoms with Crippen LogP contribution in [-0.2, 0) is 10.0 Å². The fraction of sp³-hybridized carbons (Fsp3) is 0.438. The number of nitrogens with two attached hydrogens (primary N) is 1. The van der Waals surface area contributed by atoms with E-state index in [4.69, 9.17) is 5.73 Å². The van der Waals surface area contributed by atoms with Crippen LogP contribution in [0, 0.1) is 0 Å². The molecule has 8 heteroatoms. The summed E-state index contributed by atoms with van der Waals surface area (Å²) in [5.41, 5.74) is 5.58. The highest BCUT2D eigenvalue weighted by Gasteiger charge is 2.27. The number of amides is 1. The molecule has 4 N–H and O–H groups in total. The molecule has 0 bridgehead atoms. The molecule has 0 heterocycles. The molecule has 0 unspecified atom stereocenters. The van der Waals surface area contributed by atoms with Crippen LogP contribution in [0.4, 0.5) is 0 Å². The maximum atomic E-state index is 12.4. The van der Waals surface area contributed by atoms with Gasteiger partial charge in [-0.15, -0.1) is 19.0 Å². The minimum absolute atomic E-state index is 0. The first-order valence-corrected chi connectivity index (χ1v) is 9.05. The van der Waals surface area contributed by atoms with Crippen LogP contribution in [0.5, 0.6) is 0 Å². The molecule has 0 saturated carbocycles. The van der Waals surface area contributed by atoms with E-state index in [9.17, 15) is 13.2 Å². The fourth-order valence-corrected chi connectivity index (χ4v) is 3.18. The lowest BCUT2D eigenvalue weighted by Crippen LogP contribution is -2.52. The first kappa shape index (κ1) is 22.6. The molecule has 0 fully saturated rings. The number of nitrogens with one attached hydrogen (secondary N) is 2. The van der Waals surface area contributed by atoms with Crippen molar-refractivity contribution in [2.24, 2.45) is 5.73 Å². The second-order valence-electron chi connectivity index (χ2n) is 5.31. The summed E-state index contributed by atoms with van der Waals surface area (Å²) in [4.78, 5) is 12.5. The van der Waals surface area contributed by atoms with E-state index < -0.39 is 15.6 Å². The number of benzene rings is 1. The standard InChI is InChI=1S/C16H25N3O3S.ClH/c1-4-10-18-23(21,22)14-9-7-8-13(11-14)15(20)19-16(5-2,6-3)12-17;/h4,7-9,11,18H,1,5-6,10,12,17H2,2-3H3,(H,19,20);1H. The zero-order valence-corrected chi connectivity index (χ0v) is 15.7. The minimum Gasteiger partial charge on any atom is -0.345 e. The Kier molecular flexibility index (Phi) is 9.21. The van der Waals surface area contributed by atoms with E-state index in [0.717, 1.165) is 0 Å². The van der Waals surface area contributed by atoms with Crippen molar-refractivity contribution in [1.82, 2.24) is 10.0 Å². The number of halogens is 1. The van der Waals surface area contributed by atoms with Crippen LogP contribution < -0.4 is 15.8 Å². The van der Waals surface area contributed by atoms with Gasteiger partial charge in [-0.2, -0.15) is 0 Å². The van der Waals surface area contributed by atoms with Crippen molar-refractivity contribution in [3.63, 3.8) is 0 Å². The zero-order chi connectivity index (χ0) is 17.5. The van der Waals surface area contributed by atoms with Gasteiger partial charge in [0.25, 0.3) is 5.91 Å². The SMILES string of the molecule is C=CCNS(=O)(=O)c1cccc(C(=O)NC(CC)(CC)CN)c1.Cl. The van der Waals surface area contributed by atoms with Crippen molar-refractivity contribution in [1.29, 1.82) is 0 Å². The molecule has 1 rings (SSSR count). The third-order valence-corrected chi connectivity index (χ3v) is 5.37. The molecule has 0 aromatic heterocycles. The van der Waals surface area contributed by atoms with Gasteiger partial charge in [-0.1, -0.05) is 26.0 Å². The molecule has 1 aromatic rings. The van der Waals surface area contributed by atoms with Crippen LogP contribution >= 0.6 is 12.4 Å². The summed E-state index contributed by atoms with van der Waals surface area (Å²) in [6.45, 7) is 7.83. The molecule has 0 atom stereocenters. The van der Waals surface area contributed by atoms with Gasteiger partial charge in [-0.25, -0.2) is 13.1 Å². The van der Waals surface area contributed by atoms with Gasteiger partial charge in [-0.05, 0) is 31.0 Å². The molecule has 0 aliphatic carbocycles. The van der Waals surface area contributed by atoms with E-state index in [2.05, 4.69) is 16.6 Å². The van der Waals surface area contributed by atoms with Crippen LogP contribution in [0.3, 0.4) is 0 Å². The number of hydrogen-bond donors (Lipinski definition) is 3. The van der Waals surface area contributed by atoms with E-state index in [1.165, 1.54) is 18.2 Å². The van der Waals surface area contributed by atoms with Crippen molar-refractivity contribution < 1.29 is 13.2 Å². The average molecular weight is 376 g/mol. The Morgan fingerprint density at radius 3 is 2.46 bits per heavy atom. The van der Waals surface area contributed by atoms with Gasteiger partial charge < -0.3 is 11.1 Å². The first-order chi connectivity index (χ1) is 10.8. The lowest BCUT2D eigenvalue weighted by molar-refractivity contribution is 0.0895. The molecule has 0 aliphatic rings. The molecular weight excluding hydrogens is 350 g/mol. The summed E-state index contributed by atoms with van der Waals surface area (Å²) < 4.78 is 26.6. The lowest BCUT2D eigenvalue weighted by atomic mass is 9.92.